The molecule has 9 heteroatoms. The van der Waals surface area contributed by atoms with Gasteiger partial charge in [-0.05, 0) is 43.4 Å². The number of fused-ring (bicyclic) bond motifs is 2. The van der Waals surface area contributed by atoms with Crippen molar-refractivity contribution in [3.8, 4) is 5.75 Å². The average molecular weight is 455 g/mol. The van der Waals surface area contributed by atoms with Crippen LogP contribution >= 0.6 is 11.3 Å². The SMILES string of the molecule is CCN(CC)CCN(C(=O)Cn1c(=O)oc2ccccc21)c1nc2ccc(OC)cc2s1. The van der Waals surface area contributed by atoms with Crippen LogP contribution in [0.15, 0.2) is 51.7 Å². The fourth-order valence-corrected chi connectivity index (χ4v) is 4.67. The van der Waals surface area contributed by atoms with E-state index >= 15 is 0 Å². The molecule has 8 nitrogen and oxygen atoms in total. The first kappa shape index (κ1) is 22.0. The maximum atomic E-state index is 13.4. The minimum absolute atomic E-state index is 0.118. The van der Waals surface area contributed by atoms with Crippen LogP contribution in [-0.2, 0) is 11.3 Å². The number of para-hydroxylation sites is 2. The highest BCUT2D eigenvalue weighted by Crippen LogP contribution is 2.31. The van der Waals surface area contributed by atoms with Gasteiger partial charge in [0.1, 0.15) is 12.3 Å². The van der Waals surface area contributed by atoms with Crippen LogP contribution < -0.4 is 15.4 Å². The van der Waals surface area contributed by atoms with Crippen LogP contribution in [0.1, 0.15) is 13.8 Å². The lowest BCUT2D eigenvalue weighted by atomic mass is 10.3. The number of anilines is 1. The van der Waals surface area contributed by atoms with Gasteiger partial charge in [-0.2, -0.15) is 0 Å². The fraction of sp³-hybridized carbons (Fsp3) is 0.348. The number of hydrogen-bond donors (Lipinski definition) is 0. The standard InChI is InChI=1S/C23H26N4O4S/c1-4-25(5-2)12-13-26(22-24-17-11-10-16(30-3)14-20(17)32-22)21(28)15-27-18-8-6-7-9-19(18)31-23(27)29/h6-11,14H,4-5,12-13,15H2,1-3H3. The van der Waals surface area contributed by atoms with Crippen molar-refractivity contribution in [3.05, 3.63) is 53.0 Å². The molecule has 4 aromatic rings. The molecule has 0 aliphatic carbocycles. The number of thiazole rings is 1. The van der Waals surface area contributed by atoms with Crippen molar-refractivity contribution in [1.82, 2.24) is 14.5 Å². The van der Waals surface area contributed by atoms with Crippen molar-refractivity contribution >= 4 is 43.7 Å². The van der Waals surface area contributed by atoms with Gasteiger partial charge in [-0.1, -0.05) is 37.3 Å². The minimum atomic E-state index is -0.544. The second-order valence-corrected chi connectivity index (χ2v) is 8.33. The summed E-state index contributed by atoms with van der Waals surface area (Å²) < 4.78 is 12.9. The van der Waals surface area contributed by atoms with E-state index in [0.717, 1.165) is 29.1 Å². The molecule has 2 aromatic carbocycles. The van der Waals surface area contributed by atoms with Crippen LogP contribution in [0.25, 0.3) is 21.3 Å². The normalized spacial score (nSPS) is 11.5. The summed E-state index contributed by atoms with van der Waals surface area (Å²) in [6.45, 7) is 7.03. The molecule has 0 aliphatic rings. The van der Waals surface area contributed by atoms with E-state index in [0.29, 0.717) is 29.3 Å². The average Bonchev–Trinajstić information content (AvgIpc) is 3.36. The smallest absolute Gasteiger partial charge is 0.420 e. The Bertz CT molecular complexity index is 1290. The van der Waals surface area contributed by atoms with E-state index < -0.39 is 5.76 Å². The monoisotopic (exact) mass is 454 g/mol. The Kier molecular flexibility index (Phi) is 6.57. The molecule has 0 aliphatic heterocycles. The second-order valence-electron chi connectivity index (χ2n) is 7.32. The third-order valence-corrected chi connectivity index (χ3v) is 6.56. The van der Waals surface area contributed by atoms with E-state index in [1.54, 1.807) is 30.2 Å². The Morgan fingerprint density at radius 1 is 1.16 bits per heavy atom. The van der Waals surface area contributed by atoms with Crippen LogP contribution in [0.3, 0.4) is 0 Å². The summed E-state index contributed by atoms with van der Waals surface area (Å²) in [5.41, 5.74) is 1.87. The number of aromatic nitrogens is 2. The van der Waals surface area contributed by atoms with Crippen LogP contribution in [0.2, 0.25) is 0 Å². The topological polar surface area (TPSA) is 80.8 Å². The molecule has 0 saturated carbocycles. The number of carbonyl (C=O) groups is 1. The molecule has 0 N–H and O–H groups in total. The van der Waals surface area contributed by atoms with Gasteiger partial charge in [-0.15, -0.1) is 0 Å². The summed E-state index contributed by atoms with van der Waals surface area (Å²) >= 11 is 1.44. The largest absolute Gasteiger partial charge is 0.497 e. The predicted octanol–water partition coefficient (Wildman–Crippen LogP) is 3.59. The Hall–Kier alpha value is -3.17. The summed E-state index contributed by atoms with van der Waals surface area (Å²) in [5, 5.41) is 0.603. The molecule has 0 fully saturated rings. The van der Waals surface area contributed by atoms with Crippen LogP contribution in [0.5, 0.6) is 5.75 Å². The first-order valence-electron chi connectivity index (χ1n) is 10.6. The van der Waals surface area contributed by atoms with Crippen molar-refractivity contribution in [2.24, 2.45) is 0 Å². The van der Waals surface area contributed by atoms with Gasteiger partial charge in [-0.3, -0.25) is 14.3 Å². The Balaban J connectivity index is 1.67. The first-order valence-corrected chi connectivity index (χ1v) is 11.4. The number of likely N-dealkylation sites (N-methyl/N-ethyl adjacent to an activating group) is 1. The minimum Gasteiger partial charge on any atom is -0.497 e. The van der Waals surface area contributed by atoms with Gasteiger partial charge in [0, 0.05) is 13.1 Å². The summed E-state index contributed by atoms with van der Waals surface area (Å²) in [7, 11) is 1.62. The molecule has 32 heavy (non-hydrogen) atoms. The quantitative estimate of drug-likeness (QED) is 0.385. The molecule has 4 rings (SSSR count). The zero-order valence-corrected chi connectivity index (χ0v) is 19.2. The number of carbonyl (C=O) groups excluding carboxylic acids is 1. The zero-order valence-electron chi connectivity index (χ0n) is 18.4. The number of methoxy groups -OCH3 is 1. The number of oxazole rings is 1. The highest BCUT2D eigenvalue weighted by atomic mass is 32.1. The maximum Gasteiger partial charge on any atom is 0.420 e. The van der Waals surface area contributed by atoms with Gasteiger partial charge in [0.25, 0.3) is 0 Å². The van der Waals surface area contributed by atoms with E-state index in [2.05, 4.69) is 18.7 Å². The van der Waals surface area contributed by atoms with Gasteiger partial charge in [0.2, 0.25) is 5.91 Å². The highest BCUT2D eigenvalue weighted by Gasteiger charge is 2.23. The molecular formula is C23H26N4O4S. The molecular weight excluding hydrogens is 428 g/mol. The lowest BCUT2D eigenvalue weighted by molar-refractivity contribution is -0.119. The molecule has 1 amide bonds. The summed E-state index contributed by atoms with van der Waals surface area (Å²) in [6.07, 6.45) is 0. The van der Waals surface area contributed by atoms with Gasteiger partial charge >= 0.3 is 5.76 Å². The molecule has 0 unspecified atom stereocenters. The third-order valence-electron chi connectivity index (χ3n) is 5.52. The predicted molar refractivity (Wildman–Crippen MR) is 127 cm³/mol. The van der Waals surface area contributed by atoms with Gasteiger partial charge in [0.05, 0.1) is 22.8 Å². The zero-order chi connectivity index (χ0) is 22.7. The molecule has 2 aromatic heterocycles. The molecule has 0 saturated heterocycles. The van der Waals surface area contributed by atoms with Crippen LogP contribution in [0.4, 0.5) is 5.13 Å². The second kappa shape index (κ2) is 9.54. The number of nitrogens with zero attached hydrogens (tertiary/aromatic N) is 4. The summed E-state index contributed by atoms with van der Waals surface area (Å²) in [5.74, 6) is -0.0146. The van der Waals surface area contributed by atoms with Crippen molar-refractivity contribution in [2.45, 2.75) is 20.4 Å². The summed E-state index contributed by atoms with van der Waals surface area (Å²) in [6, 6.07) is 12.8. The Morgan fingerprint density at radius 2 is 1.94 bits per heavy atom. The number of ether oxygens (including phenoxy) is 1. The number of amides is 1. The lowest BCUT2D eigenvalue weighted by Gasteiger charge is -2.24. The van der Waals surface area contributed by atoms with Gasteiger partial charge in [0.15, 0.2) is 10.7 Å². The van der Waals surface area contributed by atoms with E-state index in [-0.39, 0.29) is 12.5 Å². The summed E-state index contributed by atoms with van der Waals surface area (Å²) in [4.78, 5) is 34.4. The van der Waals surface area contributed by atoms with Crippen molar-refractivity contribution in [2.75, 3.05) is 38.2 Å². The Morgan fingerprint density at radius 3 is 2.69 bits per heavy atom. The lowest BCUT2D eigenvalue weighted by Crippen LogP contribution is -2.41. The van der Waals surface area contributed by atoms with E-state index in [1.807, 2.05) is 24.3 Å². The maximum absolute atomic E-state index is 13.4. The molecule has 0 radical (unpaired) electrons. The van der Waals surface area contributed by atoms with Crippen molar-refractivity contribution < 1.29 is 13.9 Å². The van der Waals surface area contributed by atoms with Crippen molar-refractivity contribution in [1.29, 1.82) is 0 Å². The molecule has 168 valence electrons. The van der Waals surface area contributed by atoms with E-state index in [4.69, 9.17) is 14.1 Å². The van der Waals surface area contributed by atoms with Gasteiger partial charge in [-0.25, -0.2) is 9.78 Å². The Labute approximate surface area is 189 Å². The molecule has 0 atom stereocenters. The van der Waals surface area contributed by atoms with Crippen LogP contribution in [0, 0.1) is 0 Å². The number of rotatable bonds is 9. The van der Waals surface area contributed by atoms with E-state index in [1.165, 1.54) is 15.9 Å². The molecule has 0 bridgehead atoms. The fourth-order valence-electron chi connectivity index (χ4n) is 3.63. The highest BCUT2D eigenvalue weighted by molar-refractivity contribution is 7.22. The molecule has 2 heterocycles. The van der Waals surface area contributed by atoms with Crippen LogP contribution in [-0.4, -0.2) is 53.6 Å². The number of benzene rings is 2. The van der Waals surface area contributed by atoms with E-state index in [9.17, 15) is 9.59 Å². The molecule has 0 spiro atoms. The first-order chi connectivity index (χ1) is 15.5. The van der Waals surface area contributed by atoms with Gasteiger partial charge < -0.3 is 14.1 Å². The third kappa shape index (κ3) is 4.39. The number of hydrogen-bond acceptors (Lipinski definition) is 7. The van der Waals surface area contributed by atoms with Crippen molar-refractivity contribution in [3.63, 3.8) is 0 Å².